The highest BCUT2D eigenvalue weighted by molar-refractivity contribution is 5.52. The predicted molar refractivity (Wildman–Crippen MR) is 59.3 cm³/mol. The van der Waals surface area contributed by atoms with E-state index in [1.807, 2.05) is 0 Å². The Morgan fingerprint density at radius 3 is 2.82 bits per heavy atom. The molecule has 0 aliphatic carbocycles. The van der Waals surface area contributed by atoms with Crippen LogP contribution in [0.25, 0.3) is 0 Å². The number of nitrogens with one attached hydrogen (secondary N) is 1. The minimum Gasteiger partial charge on any atom is -0.502 e. The maximum Gasteiger partial charge on any atom is 0.313 e. The fourth-order valence-corrected chi connectivity index (χ4v) is 2.13. The molecule has 1 saturated heterocycles. The first-order valence-corrected chi connectivity index (χ1v) is 5.50. The van der Waals surface area contributed by atoms with Gasteiger partial charge in [0.25, 0.3) is 0 Å². The van der Waals surface area contributed by atoms with Gasteiger partial charge >= 0.3 is 5.69 Å². The Bertz CT molecular complexity index is 445. The van der Waals surface area contributed by atoms with Crippen LogP contribution in [0.1, 0.15) is 30.9 Å². The van der Waals surface area contributed by atoms with Crippen molar-refractivity contribution < 1.29 is 14.4 Å². The number of halogens is 1. The molecule has 1 atom stereocenters. The predicted octanol–water partition coefficient (Wildman–Crippen LogP) is 2.25. The molecule has 1 fully saturated rings. The van der Waals surface area contributed by atoms with Gasteiger partial charge in [0.1, 0.15) is 5.82 Å². The van der Waals surface area contributed by atoms with Crippen molar-refractivity contribution in [3.05, 3.63) is 33.6 Å². The molecule has 1 aliphatic rings. The Hall–Kier alpha value is -1.69. The Kier molecular flexibility index (Phi) is 3.23. The van der Waals surface area contributed by atoms with Crippen LogP contribution >= 0.6 is 0 Å². The molecular weight excluding hydrogens is 227 g/mol. The van der Waals surface area contributed by atoms with E-state index in [2.05, 4.69) is 5.32 Å². The fraction of sp³-hybridized carbons (Fsp3) is 0.455. The first kappa shape index (κ1) is 11.8. The van der Waals surface area contributed by atoms with Gasteiger partial charge in [-0.25, -0.2) is 4.39 Å². The quantitative estimate of drug-likeness (QED) is 0.614. The number of aromatic hydroxyl groups is 1. The summed E-state index contributed by atoms with van der Waals surface area (Å²) in [7, 11) is 0. The van der Waals surface area contributed by atoms with Crippen molar-refractivity contribution in [3.63, 3.8) is 0 Å². The van der Waals surface area contributed by atoms with Gasteiger partial charge in [0, 0.05) is 11.6 Å². The van der Waals surface area contributed by atoms with Crippen LogP contribution < -0.4 is 5.32 Å². The standard InChI is InChI=1S/C11H13FN2O3/c12-7-5-8(9-3-1-2-4-13-9)11(15)10(6-7)14(16)17/h5-6,9,13,15H,1-4H2/t9-/m1/s1. The van der Waals surface area contributed by atoms with Crippen LogP contribution in [0.4, 0.5) is 10.1 Å². The lowest BCUT2D eigenvalue weighted by Gasteiger charge is -2.24. The highest BCUT2D eigenvalue weighted by atomic mass is 19.1. The minimum atomic E-state index is -0.773. The topological polar surface area (TPSA) is 75.4 Å². The third kappa shape index (κ3) is 2.36. The number of piperidine rings is 1. The van der Waals surface area contributed by atoms with E-state index in [0.717, 1.165) is 37.9 Å². The van der Waals surface area contributed by atoms with Crippen molar-refractivity contribution in [1.82, 2.24) is 5.32 Å². The van der Waals surface area contributed by atoms with Crippen molar-refractivity contribution in [2.45, 2.75) is 25.3 Å². The molecule has 1 aliphatic heterocycles. The van der Waals surface area contributed by atoms with Gasteiger partial charge in [-0.2, -0.15) is 0 Å². The number of hydrogen-bond acceptors (Lipinski definition) is 4. The number of nitro benzene ring substituents is 1. The number of nitro groups is 1. The molecule has 2 rings (SSSR count). The summed E-state index contributed by atoms with van der Waals surface area (Å²) in [5, 5.41) is 23.6. The number of rotatable bonds is 2. The molecular formula is C11H13FN2O3. The summed E-state index contributed by atoms with van der Waals surface area (Å²) in [6.07, 6.45) is 2.73. The maximum atomic E-state index is 13.3. The van der Waals surface area contributed by atoms with E-state index in [4.69, 9.17) is 0 Å². The smallest absolute Gasteiger partial charge is 0.313 e. The lowest BCUT2D eigenvalue weighted by Crippen LogP contribution is -2.27. The van der Waals surface area contributed by atoms with E-state index in [0.29, 0.717) is 0 Å². The second-order valence-corrected chi connectivity index (χ2v) is 4.12. The monoisotopic (exact) mass is 240 g/mol. The summed E-state index contributed by atoms with van der Waals surface area (Å²) in [5.41, 5.74) is -0.302. The number of benzene rings is 1. The van der Waals surface area contributed by atoms with E-state index in [1.165, 1.54) is 0 Å². The van der Waals surface area contributed by atoms with Crippen molar-refractivity contribution in [2.75, 3.05) is 6.54 Å². The van der Waals surface area contributed by atoms with Gasteiger partial charge in [0.15, 0.2) is 5.75 Å². The second kappa shape index (κ2) is 4.67. The third-order valence-corrected chi connectivity index (χ3v) is 2.97. The van der Waals surface area contributed by atoms with Crippen LogP contribution in [-0.2, 0) is 0 Å². The van der Waals surface area contributed by atoms with E-state index < -0.39 is 22.2 Å². The van der Waals surface area contributed by atoms with Crippen LogP contribution in [0.2, 0.25) is 0 Å². The summed E-state index contributed by atoms with van der Waals surface area (Å²) in [6.45, 7) is 0.772. The summed E-state index contributed by atoms with van der Waals surface area (Å²) in [4.78, 5) is 9.89. The molecule has 92 valence electrons. The number of phenolic OH excluding ortho intramolecular Hbond substituents is 1. The van der Waals surface area contributed by atoms with Crippen LogP contribution in [0.15, 0.2) is 12.1 Å². The first-order chi connectivity index (χ1) is 8.09. The molecule has 6 heteroatoms. The maximum absolute atomic E-state index is 13.3. The van der Waals surface area contributed by atoms with E-state index in [9.17, 15) is 19.6 Å². The zero-order valence-electron chi connectivity index (χ0n) is 9.15. The Labute approximate surface area is 97.4 Å². The van der Waals surface area contributed by atoms with Crippen LogP contribution in [0.5, 0.6) is 5.75 Å². The van der Waals surface area contributed by atoms with Crippen LogP contribution in [0.3, 0.4) is 0 Å². The van der Waals surface area contributed by atoms with Crippen molar-refractivity contribution in [1.29, 1.82) is 0 Å². The van der Waals surface area contributed by atoms with Crippen molar-refractivity contribution in [3.8, 4) is 5.75 Å². The van der Waals surface area contributed by atoms with Crippen molar-refractivity contribution >= 4 is 5.69 Å². The third-order valence-electron chi connectivity index (χ3n) is 2.97. The molecule has 5 nitrogen and oxygen atoms in total. The summed E-state index contributed by atoms with van der Waals surface area (Å²) in [5.74, 6) is -1.13. The lowest BCUT2D eigenvalue weighted by atomic mass is 9.96. The Morgan fingerprint density at radius 2 is 2.24 bits per heavy atom. The molecule has 2 N–H and O–H groups in total. The second-order valence-electron chi connectivity index (χ2n) is 4.12. The van der Waals surface area contributed by atoms with Gasteiger partial charge in [-0.1, -0.05) is 6.42 Å². The van der Waals surface area contributed by atoms with Crippen LogP contribution in [-0.4, -0.2) is 16.6 Å². The molecule has 0 aromatic heterocycles. The first-order valence-electron chi connectivity index (χ1n) is 5.50. The molecule has 1 aromatic rings. The fourth-order valence-electron chi connectivity index (χ4n) is 2.13. The Morgan fingerprint density at radius 1 is 1.47 bits per heavy atom. The van der Waals surface area contributed by atoms with Gasteiger partial charge in [0.2, 0.25) is 0 Å². The number of phenols is 1. The summed E-state index contributed by atoms with van der Waals surface area (Å²) >= 11 is 0. The van der Waals surface area contributed by atoms with E-state index in [1.54, 1.807) is 0 Å². The normalized spacial score (nSPS) is 20.2. The largest absolute Gasteiger partial charge is 0.502 e. The SMILES string of the molecule is O=[N+]([O-])c1cc(F)cc([C@H]2CCCCN2)c1O. The van der Waals surface area contributed by atoms with Crippen LogP contribution in [0, 0.1) is 15.9 Å². The van der Waals surface area contributed by atoms with Gasteiger partial charge in [0.05, 0.1) is 11.0 Å². The van der Waals surface area contributed by atoms with Crippen molar-refractivity contribution in [2.24, 2.45) is 0 Å². The summed E-state index contributed by atoms with van der Waals surface area (Å²) < 4.78 is 13.3. The van der Waals surface area contributed by atoms with E-state index in [-0.39, 0.29) is 11.6 Å². The van der Waals surface area contributed by atoms with E-state index >= 15 is 0 Å². The lowest BCUT2D eigenvalue weighted by molar-refractivity contribution is -0.386. The van der Waals surface area contributed by atoms with Gasteiger partial charge < -0.3 is 10.4 Å². The summed E-state index contributed by atoms with van der Waals surface area (Å²) in [6, 6.07) is 1.69. The number of hydrogen-bond donors (Lipinski definition) is 2. The average Bonchev–Trinajstić information content (AvgIpc) is 2.32. The molecule has 1 heterocycles. The molecule has 0 unspecified atom stereocenters. The zero-order valence-corrected chi connectivity index (χ0v) is 9.15. The molecule has 0 bridgehead atoms. The molecule has 0 spiro atoms. The number of nitrogens with zero attached hydrogens (tertiary/aromatic N) is 1. The average molecular weight is 240 g/mol. The van der Waals surface area contributed by atoms with Gasteiger partial charge in [-0.15, -0.1) is 0 Å². The molecule has 17 heavy (non-hydrogen) atoms. The molecule has 1 aromatic carbocycles. The highest BCUT2D eigenvalue weighted by Crippen LogP contribution is 2.37. The Balaban J connectivity index is 2.41. The van der Waals surface area contributed by atoms with Gasteiger partial charge in [-0.05, 0) is 25.5 Å². The van der Waals surface area contributed by atoms with Gasteiger partial charge in [-0.3, -0.25) is 10.1 Å². The molecule has 0 radical (unpaired) electrons. The molecule has 0 amide bonds. The zero-order chi connectivity index (χ0) is 12.4. The molecule has 0 saturated carbocycles. The highest BCUT2D eigenvalue weighted by Gasteiger charge is 2.25. The minimum absolute atomic E-state index is 0.210.